The van der Waals surface area contributed by atoms with Crippen molar-refractivity contribution in [3.05, 3.63) is 33.8 Å². The molecule has 0 saturated heterocycles. The molecule has 0 aromatic heterocycles. The maximum absolute atomic E-state index is 6.08. The lowest BCUT2D eigenvalue weighted by molar-refractivity contribution is 0.435. The van der Waals surface area contributed by atoms with Gasteiger partial charge in [-0.3, -0.25) is 0 Å². The van der Waals surface area contributed by atoms with Crippen LogP contribution in [0.3, 0.4) is 0 Å². The average molecular weight is 272 g/mol. The van der Waals surface area contributed by atoms with E-state index in [4.69, 9.17) is 28.9 Å². The number of benzene rings is 1. The third kappa shape index (κ3) is 3.37. The molecule has 1 aromatic rings. The van der Waals surface area contributed by atoms with Crippen molar-refractivity contribution in [1.82, 2.24) is 0 Å². The summed E-state index contributed by atoms with van der Waals surface area (Å²) in [4.78, 5) is 0. The minimum absolute atomic E-state index is 0.516. The van der Waals surface area contributed by atoms with Crippen LogP contribution in [-0.2, 0) is 0 Å². The Morgan fingerprint density at radius 1 is 1.29 bits per heavy atom. The van der Waals surface area contributed by atoms with E-state index >= 15 is 0 Å². The molecule has 1 atom stereocenters. The molecule has 1 saturated carbocycles. The molecule has 2 N–H and O–H groups in total. The van der Waals surface area contributed by atoms with E-state index in [1.54, 1.807) is 0 Å². The van der Waals surface area contributed by atoms with Crippen molar-refractivity contribution < 1.29 is 0 Å². The fourth-order valence-electron chi connectivity index (χ4n) is 2.37. The number of hydrogen-bond donors (Lipinski definition) is 1. The minimum atomic E-state index is 0.516. The maximum atomic E-state index is 6.08. The summed E-state index contributed by atoms with van der Waals surface area (Å²) in [6, 6.07) is 5.97. The highest BCUT2D eigenvalue weighted by Crippen LogP contribution is 2.52. The Morgan fingerprint density at radius 3 is 2.53 bits per heavy atom. The third-order valence-corrected chi connectivity index (χ3v) is 4.51. The Kier molecular flexibility index (Phi) is 4.02. The van der Waals surface area contributed by atoms with Gasteiger partial charge in [-0.25, -0.2) is 0 Å². The van der Waals surface area contributed by atoms with Gasteiger partial charge < -0.3 is 5.73 Å². The summed E-state index contributed by atoms with van der Waals surface area (Å²) in [7, 11) is 0. The Morgan fingerprint density at radius 2 is 2.00 bits per heavy atom. The summed E-state index contributed by atoms with van der Waals surface area (Å²) in [6.07, 6.45) is 4.92. The monoisotopic (exact) mass is 271 g/mol. The first-order valence-electron chi connectivity index (χ1n) is 6.19. The Labute approximate surface area is 113 Å². The van der Waals surface area contributed by atoms with Gasteiger partial charge in [-0.15, -0.1) is 0 Å². The van der Waals surface area contributed by atoms with Gasteiger partial charge in [0.15, 0.2) is 0 Å². The Hall–Kier alpha value is -0.240. The standard InChI is InChI=1S/C14H19Cl2N/c1-14(5-6-14)9-11(4-7-17)10-2-3-12(15)13(16)8-10/h2-3,8,11H,4-7,9,17H2,1H3. The molecule has 1 aliphatic rings. The minimum Gasteiger partial charge on any atom is -0.330 e. The van der Waals surface area contributed by atoms with Crippen molar-refractivity contribution in [2.75, 3.05) is 6.54 Å². The lowest BCUT2D eigenvalue weighted by Gasteiger charge is -2.21. The van der Waals surface area contributed by atoms with Crippen LogP contribution in [0.2, 0.25) is 10.0 Å². The number of halogens is 2. The predicted octanol–water partition coefficient (Wildman–Crippen LogP) is 4.62. The van der Waals surface area contributed by atoms with Crippen LogP contribution < -0.4 is 5.73 Å². The summed E-state index contributed by atoms with van der Waals surface area (Å²) in [5.74, 6) is 0.516. The summed E-state index contributed by atoms with van der Waals surface area (Å²) in [6.45, 7) is 3.08. The topological polar surface area (TPSA) is 26.0 Å². The van der Waals surface area contributed by atoms with Crippen molar-refractivity contribution in [3.63, 3.8) is 0 Å². The largest absolute Gasteiger partial charge is 0.330 e. The molecule has 1 nitrogen and oxygen atoms in total. The summed E-state index contributed by atoms with van der Waals surface area (Å²) in [5, 5.41) is 1.27. The first-order valence-corrected chi connectivity index (χ1v) is 6.95. The quantitative estimate of drug-likeness (QED) is 0.831. The van der Waals surface area contributed by atoms with Crippen molar-refractivity contribution in [2.45, 2.75) is 38.5 Å². The van der Waals surface area contributed by atoms with Gasteiger partial charge in [-0.2, -0.15) is 0 Å². The zero-order chi connectivity index (χ0) is 12.5. The van der Waals surface area contributed by atoms with Gasteiger partial charge in [0.25, 0.3) is 0 Å². The van der Waals surface area contributed by atoms with Crippen LogP contribution in [0.5, 0.6) is 0 Å². The molecule has 1 aromatic carbocycles. The van der Waals surface area contributed by atoms with E-state index in [0.29, 0.717) is 21.4 Å². The summed E-state index contributed by atoms with van der Waals surface area (Å²) < 4.78 is 0. The van der Waals surface area contributed by atoms with Gasteiger partial charge in [0, 0.05) is 0 Å². The smallest absolute Gasteiger partial charge is 0.0595 e. The van der Waals surface area contributed by atoms with Gasteiger partial charge in [-0.05, 0) is 61.3 Å². The van der Waals surface area contributed by atoms with Gasteiger partial charge in [0.2, 0.25) is 0 Å². The fraction of sp³-hybridized carbons (Fsp3) is 0.571. The summed E-state index contributed by atoms with van der Waals surface area (Å²) >= 11 is 12.0. The second-order valence-corrected chi connectivity index (χ2v) is 6.28. The van der Waals surface area contributed by atoms with Crippen LogP contribution in [0.4, 0.5) is 0 Å². The van der Waals surface area contributed by atoms with Crippen LogP contribution in [0.1, 0.15) is 44.1 Å². The van der Waals surface area contributed by atoms with E-state index in [-0.39, 0.29) is 0 Å². The highest BCUT2D eigenvalue weighted by atomic mass is 35.5. The molecule has 0 bridgehead atoms. The molecule has 1 unspecified atom stereocenters. The van der Waals surface area contributed by atoms with Gasteiger partial charge >= 0.3 is 0 Å². The fourth-order valence-corrected chi connectivity index (χ4v) is 2.67. The van der Waals surface area contributed by atoms with E-state index < -0.39 is 0 Å². The van der Waals surface area contributed by atoms with Crippen LogP contribution in [0.15, 0.2) is 18.2 Å². The molecular weight excluding hydrogens is 253 g/mol. The van der Waals surface area contributed by atoms with Gasteiger partial charge in [-0.1, -0.05) is 36.2 Å². The highest BCUT2D eigenvalue weighted by molar-refractivity contribution is 6.42. The van der Waals surface area contributed by atoms with Crippen molar-refractivity contribution in [2.24, 2.45) is 11.1 Å². The molecule has 0 amide bonds. The molecule has 0 radical (unpaired) electrons. The van der Waals surface area contributed by atoms with E-state index in [2.05, 4.69) is 13.0 Å². The van der Waals surface area contributed by atoms with Gasteiger partial charge in [0.05, 0.1) is 10.0 Å². The molecule has 0 spiro atoms. The third-order valence-electron chi connectivity index (χ3n) is 3.77. The molecule has 3 heteroatoms. The molecule has 1 aliphatic carbocycles. The number of nitrogens with two attached hydrogens (primary N) is 1. The van der Waals surface area contributed by atoms with Crippen LogP contribution in [-0.4, -0.2) is 6.54 Å². The zero-order valence-electron chi connectivity index (χ0n) is 10.2. The van der Waals surface area contributed by atoms with Crippen LogP contribution >= 0.6 is 23.2 Å². The normalized spacial score (nSPS) is 19.1. The number of rotatable bonds is 5. The van der Waals surface area contributed by atoms with E-state index in [1.165, 1.54) is 24.8 Å². The van der Waals surface area contributed by atoms with E-state index in [9.17, 15) is 0 Å². The predicted molar refractivity (Wildman–Crippen MR) is 74.8 cm³/mol. The first kappa shape index (κ1) is 13.2. The molecule has 17 heavy (non-hydrogen) atoms. The van der Waals surface area contributed by atoms with Crippen molar-refractivity contribution in [1.29, 1.82) is 0 Å². The molecule has 1 fully saturated rings. The lowest BCUT2D eigenvalue weighted by Crippen LogP contribution is -2.11. The molecule has 0 aliphatic heterocycles. The highest BCUT2D eigenvalue weighted by Gasteiger charge is 2.39. The second-order valence-electron chi connectivity index (χ2n) is 5.46. The average Bonchev–Trinajstić information content (AvgIpc) is 3.00. The van der Waals surface area contributed by atoms with E-state index in [0.717, 1.165) is 13.0 Å². The molecular formula is C14H19Cl2N. The van der Waals surface area contributed by atoms with Crippen molar-refractivity contribution in [3.8, 4) is 0 Å². The first-order chi connectivity index (χ1) is 8.04. The van der Waals surface area contributed by atoms with Gasteiger partial charge in [0.1, 0.15) is 0 Å². The number of hydrogen-bond acceptors (Lipinski definition) is 1. The van der Waals surface area contributed by atoms with Crippen LogP contribution in [0.25, 0.3) is 0 Å². The maximum Gasteiger partial charge on any atom is 0.0595 e. The summed E-state index contributed by atoms with van der Waals surface area (Å²) in [5.41, 5.74) is 7.52. The van der Waals surface area contributed by atoms with E-state index in [1.807, 2.05) is 12.1 Å². The lowest BCUT2D eigenvalue weighted by atomic mass is 9.85. The molecule has 2 rings (SSSR count). The Balaban J connectivity index is 2.16. The molecule has 0 heterocycles. The van der Waals surface area contributed by atoms with Crippen LogP contribution in [0, 0.1) is 5.41 Å². The SMILES string of the molecule is CC1(CC(CCN)c2ccc(Cl)c(Cl)c2)CC1. The molecule has 94 valence electrons. The zero-order valence-corrected chi connectivity index (χ0v) is 11.7. The van der Waals surface area contributed by atoms with Crippen molar-refractivity contribution >= 4 is 23.2 Å². The second kappa shape index (κ2) is 5.17. The Bertz CT molecular complexity index is 399.